The van der Waals surface area contributed by atoms with Gasteiger partial charge in [0.15, 0.2) is 0 Å². The average molecular weight is 296 g/mol. The van der Waals surface area contributed by atoms with Gasteiger partial charge in [-0.25, -0.2) is 0 Å². The van der Waals surface area contributed by atoms with Gasteiger partial charge in [0, 0.05) is 46.0 Å². The minimum absolute atomic E-state index is 0.0355. The molecule has 3 nitrogen and oxygen atoms in total. The number of hydrogen-bond acceptors (Lipinski definition) is 3. The van der Waals surface area contributed by atoms with Gasteiger partial charge in [0.1, 0.15) is 5.75 Å². The Bertz CT molecular complexity index is 426. The zero-order valence-corrected chi connectivity index (χ0v) is 12.0. The fourth-order valence-corrected chi connectivity index (χ4v) is 2.81. The van der Waals surface area contributed by atoms with Crippen LogP contribution in [0.25, 0.3) is 0 Å². The number of phenols is 1. The van der Waals surface area contributed by atoms with Crippen molar-refractivity contribution >= 4 is 34.0 Å². The van der Waals surface area contributed by atoms with Crippen LogP contribution in [0.3, 0.4) is 0 Å². The third-order valence-electron chi connectivity index (χ3n) is 2.23. The molecule has 1 aromatic rings. The van der Waals surface area contributed by atoms with Gasteiger partial charge in [-0.1, -0.05) is 23.2 Å². The first-order valence-corrected chi connectivity index (χ1v) is 7.58. The second kappa shape index (κ2) is 6.59. The summed E-state index contributed by atoms with van der Waals surface area (Å²) in [4.78, 5) is 0. The molecule has 0 fully saturated rings. The summed E-state index contributed by atoms with van der Waals surface area (Å²) in [6, 6.07) is 3.25. The van der Waals surface area contributed by atoms with Crippen LogP contribution in [0.2, 0.25) is 10.0 Å². The highest BCUT2D eigenvalue weighted by molar-refractivity contribution is 7.84. The molecule has 0 aliphatic heterocycles. The lowest BCUT2D eigenvalue weighted by molar-refractivity contribution is 0.462. The summed E-state index contributed by atoms with van der Waals surface area (Å²) in [5.74, 6) is 0.600. The Balaban J connectivity index is 2.66. The van der Waals surface area contributed by atoms with Crippen LogP contribution in [-0.2, 0) is 17.3 Å². The zero-order valence-electron chi connectivity index (χ0n) is 9.67. The Labute approximate surface area is 114 Å². The van der Waals surface area contributed by atoms with Gasteiger partial charge in [-0.3, -0.25) is 4.21 Å². The molecule has 1 aromatic carbocycles. The summed E-state index contributed by atoms with van der Waals surface area (Å²) in [5, 5.41) is 13.6. The van der Waals surface area contributed by atoms with E-state index in [1.54, 1.807) is 12.3 Å². The Morgan fingerprint density at radius 1 is 1.47 bits per heavy atom. The first-order chi connectivity index (χ1) is 7.90. The molecule has 96 valence electrons. The van der Waals surface area contributed by atoms with Crippen LogP contribution < -0.4 is 5.32 Å². The molecule has 2 unspecified atom stereocenters. The molecular weight excluding hydrogens is 281 g/mol. The van der Waals surface area contributed by atoms with Crippen molar-refractivity contribution in [3.8, 4) is 5.75 Å². The predicted molar refractivity (Wildman–Crippen MR) is 73.4 cm³/mol. The van der Waals surface area contributed by atoms with Gasteiger partial charge in [-0.15, -0.1) is 0 Å². The van der Waals surface area contributed by atoms with Gasteiger partial charge < -0.3 is 10.4 Å². The maximum Gasteiger partial charge on any atom is 0.138 e. The zero-order chi connectivity index (χ0) is 13.0. The standard InChI is InChI=1S/C11H15Cl2NO2S/c1-7(6-17(2)16)14-5-8-3-9(12)4-10(13)11(8)15/h3-4,7,14-15H,5-6H2,1-2H3. The first-order valence-electron chi connectivity index (χ1n) is 5.10. The van der Waals surface area contributed by atoms with E-state index in [1.165, 1.54) is 6.07 Å². The third-order valence-corrected chi connectivity index (χ3v) is 3.71. The van der Waals surface area contributed by atoms with Crippen molar-refractivity contribution in [3.05, 3.63) is 27.7 Å². The van der Waals surface area contributed by atoms with E-state index >= 15 is 0 Å². The number of phenolic OH excluding ortho intramolecular Hbond substituents is 1. The van der Waals surface area contributed by atoms with Crippen LogP contribution in [0.1, 0.15) is 12.5 Å². The van der Waals surface area contributed by atoms with Gasteiger partial charge in [0.2, 0.25) is 0 Å². The predicted octanol–water partition coefficient (Wildman–Crippen LogP) is 2.56. The van der Waals surface area contributed by atoms with E-state index in [9.17, 15) is 9.32 Å². The lowest BCUT2D eigenvalue weighted by Crippen LogP contribution is -2.30. The van der Waals surface area contributed by atoms with Crippen molar-refractivity contribution < 1.29 is 9.32 Å². The molecule has 0 aliphatic carbocycles. The van der Waals surface area contributed by atoms with E-state index in [0.29, 0.717) is 22.9 Å². The van der Waals surface area contributed by atoms with Gasteiger partial charge in [-0.2, -0.15) is 0 Å². The number of hydrogen-bond donors (Lipinski definition) is 2. The number of halogens is 2. The van der Waals surface area contributed by atoms with E-state index in [0.717, 1.165) is 0 Å². The number of rotatable bonds is 5. The average Bonchev–Trinajstić information content (AvgIpc) is 2.20. The number of aromatic hydroxyl groups is 1. The maximum atomic E-state index is 11.0. The Hall–Kier alpha value is -0.290. The third kappa shape index (κ3) is 4.84. The van der Waals surface area contributed by atoms with Crippen molar-refractivity contribution in [1.82, 2.24) is 5.32 Å². The Kier molecular flexibility index (Phi) is 5.73. The van der Waals surface area contributed by atoms with Gasteiger partial charge >= 0.3 is 0 Å². The second-order valence-electron chi connectivity index (χ2n) is 3.92. The smallest absolute Gasteiger partial charge is 0.138 e. The highest BCUT2D eigenvalue weighted by Crippen LogP contribution is 2.30. The highest BCUT2D eigenvalue weighted by atomic mass is 35.5. The normalized spacial score (nSPS) is 14.6. The van der Waals surface area contributed by atoms with Crippen molar-refractivity contribution in [2.75, 3.05) is 12.0 Å². The van der Waals surface area contributed by atoms with Crippen molar-refractivity contribution in [2.45, 2.75) is 19.5 Å². The number of benzene rings is 1. The summed E-state index contributed by atoms with van der Waals surface area (Å²) < 4.78 is 11.0. The molecule has 0 radical (unpaired) electrons. The first kappa shape index (κ1) is 14.8. The minimum Gasteiger partial charge on any atom is -0.506 e. The summed E-state index contributed by atoms with van der Waals surface area (Å²) >= 11 is 11.7. The van der Waals surface area contributed by atoms with Crippen LogP contribution in [0, 0.1) is 0 Å². The van der Waals surface area contributed by atoms with Crippen LogP contribution in [0.4, 0.5) is 0 Å². The molecule has 0 amide bonds. The second-order valence-corrected chi connectivity index (χ2v) is 6.24. The van der Waals surface area contributed by atoms with Crippen LogP contribution in [-0.4, -0.2) is 27.4 Å². The summed E-state index contributed by atoms with van der Waals surface area (Å²) in [6.07, 6.45) is 1.66. The van der Waals surface area contributed by atoms with Crippen LogP contribution in [0.5, 0.6) is 5.75 Å². The quantitative estimate of drug-likeness (QED) is 0.878. The van der Waals surface area contributed by atoms with Gasteiger partial charge in [0.05, 0.1) is 5.02 Å². The summed E-state index contributed by atoms with van der Waals surface area (Å²) in [6.45, 7) is 2.37. The summed E-state index contributed by atoms with van der Waals surface area (Å²) in [5.41, 5.74) is 0.635. The molecule has 0 saturated heterocycles. The van der Waals surface area contributed by atoms with Crippen LogP contribution in [0.15, 0.2) is 12.1 Å². The molecule has 2 atom stereocenters. The molecule has 6 heteroatoms. The largest absolute Gasteiger partial charge is 0.506 e. The lowest BCUT2D eigenvalue weighted by Gasteiger charge is -2.13. The molecule has 2 N–H and O–H groups in total. The molecule has 0 saturated carbocycles. The SMILES string of the molecule is CC(CS(C)=O)NCc1cc(Cl)cc(Cl)c1O. The van der Waals surface area contributed by atoms with Crippen molar-refractivity contribution in [2.24, 2.45) is 0 Å². The fourth-order valence-electron chi connectivity index (χ4n) is 1.45. The van der Waals surface area contributed by atoms with E-state index < -0.39 is 10.8 Å². The molecule has 0 aromatic heterocycles. The molecular formula is C11H15Cl2NO2S. The van der Waals surface area contributed by atoms with E-state index in [4.69, 9.17) is 23.2 Å². The summed E-state index contributed by atoms with van der Waals surface area (Å²) in [7, 11) is -0.845. The minimum atomic E-state index is -0.845. The maximum absolute atomic E-state index is 11.0. The van der Waals surface area contributed by atoms with Crippen LogP contribution >= 0.6 is 23.2 Å². The Morgan fingerprint density at radius 3 is 2.71 bits per heavy atom. The molecule has 0 spiro atoms. The van der Waals surface area contributed by atoms with E-state index in [1.807, 2.05) is 6.92 Å². The van der Waals surface area contributed by atoms with Gasteiger partial charge in [-0.05, 0) is 19.1 Å². The lowest BCUT2D eigenvalue weighted by atomic mass is 10.2. The molecule has 0 aliphatic rings. The van der Waals surface area contributed by atoms with E-state index in [-0.39, 0.29) is 16.8 Å². The van der Waals surface area contributed by atoms with E-state index in [2.05, 4.69) is 5.32 Å². The monoisotopic (exact) mass is 295 g/mol. The van der Waals surface area contributed by atoms with Crippen molar-refractivity contribution in [3.63, 3.8) is 0 Å². The molecule has 1 rings (SSSR count). The molecule has 17 heavy (non-hydrogen) atoms. The molecule has 0 bridgehead atoms. The number of nitrogens with one attached hydrogen (secondary N) is 1. The van der Waals surface area contributed by atoms with Crippen molar-refractivity contribution in [1.29, 1.82) is 0 Å². The molecule has 0 heterocycles. The Morgan fingerprint density at radius 2 is 2.12 bits per heavy atom. The fraction of sp³-hybridized carbons (Fsp3) is 0.455. The topological polar surface area (TPSA) is 49.3 Å². The highest BCUT2D eigenvalue weighted by Gasteiger charge is 2.10. The van der Waals surface area contributed by atoms with Gasteiger partial charge in [0.25, 0.3) is 0 Å².